The number of ether oxygens (including phenoxy) is 1. The zero-order valence-electron chi connectivity index (χ0n) is 9.14. The summed E-state index contributed by atoms with van der Waals surface area (Å²) in [6.45, 7) is 1.33. The molecule has 4 aliphatic rings. The molecular weight excluding hydrogens is 208 g/mol. The first-order chi connectivity index (χ1) is 7.58. The summed E-state index contributed by atoms with van der Waals surface area (Å²) in [6, 6.07) is 0. The Labute approximate surface area is 93.3 Å². The maximum atomic E-state index is 12.0. The molecule has 0 radical (unpaired) electrons. The van der Waals surface area contributed by atoms with Crippen molar-refractivity contribution in [1.82, 2.24) is 0 Å². The van der Waals surface area contributed by atoms with Crippen LogP contribution in [0.3, 0.4) is 0 Å². The molecule has 4 atom stereocenters. The highest BCUT2D eigenvalue weighted by molar-refractivity contribution is 5.96. The van der Waals surface area contributed by atoms with Crippen molar-refractivity contribution in [3.63, 3.8) is 0 Å². The van der Waals surface area contributed by atoms with Gasteiger partial charge < -0.3 is 4.74 Å². The van der Waals surface area contributed by atoms with Gasteiger partial charge in [-0.25, -0.2) is 0 Å². The topological polar surface area (TPSA) is 60.4 Å². The van der Waals surface area contributed by atoms with E-state index in [1.807, 2.05) is 0 Å². The summed E-state index contributed by atoms with van der Waals surface area (Å²) in [7, 11) is 0. The Balaban J connectivity index is 1.93. The van der Waals surface area contributed by atoms with Crippen molar-refractivity contribution in [2.24, 2.45) is 23.7 Å². The largest absolute Gasteiger partial charge is 0.461 e. The normalized spacial score (nSPS) is 44.9. The molecule has 0 aromatic heterocycles. The maximum absolute atomic E-state index is 12.0. The van der Waals surface area contributed by atoms with Crippen LogP contribution in [-0.2, 0) is 19.1 Å². The number of carbonyl (C=O) groups excluding carboxylic acids is 3. The molecule has 4 aliphatic carbocycles. The zero-order chi connectivity index (χ0) is 11.4. The van der Waals surface area contributed by atoms with Crippen molar-refractivity contribution < 1.29 is 19.1 Å². The van der Waals surface area contributed by atoms with Crippen LogP contribution in [0.5, 0.6) is 0 Å². The van der Waals surface area contributed by atoms with Crippen molar-refractivity contribution in [2.75, 3.05) is 0 Å². The molecule has 4 saturated carbocycles. The van der Waals surface area contributed by atoms with E-state index in [-0.39, 0.29) is 35.2 Å². The van der Waals surface area contributed by atoms with E-state index in [9.17, 15) is 14.4 Å². The van der Waals surface area contributed by atoms with Gasteiger partial charge in [0.15, 0.2) is 0 Å². The van der Waals surface area contributed by atoms with Crippen LogP contribution in [0.4, 0.5) is 0 Å². The molecule has 0 aromatic carbocycles. The van der Waals surface area contributed by atoms with Crippen LogP contribution in [0.2, 0.25) is 0 Å². The summed E-state index contributed by atoms with van der Waals surface area (Å²) in [4.78, 5) is 34.9. The van der Waals surface area contributed by atoms with Gasteiger partial charge in [-0.15, -0.1) is 0 Å². The smallest absolute Gasteiger partial charge is 0.302 e. The lowest BCUT2D eigenvalue weighted by Gasteiger charge is -2.50. The van der Waals surface area contributed by atoms with Gasteiger partial charge in [0.2, 0.25) is 0 Å². The minimum atomic E-state index is -0.467. The molecule has 4 heteroatoms. The standard InChI is InChI=1S/C12H14O4/c1-5(13)16-12-8-3-6-2-7(11(8)15)4-9(12)10(6)14/h6-9,12H,2-4H2,1H3. The summed E-state index contributed by atoms with van der Waals surface area (Å²) < 4.78 is 5.19. The van der Waals surface area contributed by atoms with Gasteiger partial charge >= 0.3 is 5.97 Å². The maximum Gasteiger partial charge on any atom is 0.302 e. The SMILES string of the molecule is CC(=O)OC1C2CC3CC(CC1C3=O)C2=O. The Morgan fingerprint density at radius 2 is 1.56 bits per heavy atom. The highest BCUT2D eigenvalue weighted by Crippen LogP contribution is 2.51. The van der Waals surface area contributed by atoms with E-state index >= 15 is 0 Å². The third kappa shape index (κ3) is 1.19. The minimum absolute atomic E-state index is 0.0539. The van der Waals surface area contributed by atoms with Gasteiger partial charge in [0, 0.05) is 18.8 Å². The number of hydrogen-bond donors (Lipinski definition) is 0. The first kappa shape index (κ1) is 10.00. The van der Waals surface area contributed by atoms with E-state index in [0.29, 0.717) is 12.8 Å². The number of esters is 1. The molecule has 0 amide bonds. The fraction of sp³-hybridized carbons (Fsp3) is 0.750. The highest BCUT2D eigenvalue weighted by Gasteiger charge is 2.58. The molecule has 4 nitrogen and oxygen atoms in total. The molecule has 86 valence electrons. The number of rotatable bonds is 1. The van der Waals surface area contributed by atoms with Crippen LogP contribution in [0.1, 0.15) is 26.2 Å². The summed E-state index contributed by atoms with van der Waals surface area (Å²) in [5.74, 6) is -0.264. The van der Waals surface area contributed by atoms with Crippen molar-refractivity contribution in [1.29, 1.82) is 0 Å². The van der Waals surface area contributed by atoms with Gasteiger partial charge in [-0.1, -0.05) is 0 Å². The van der Waals surface area contributed by atoms with Crippen molar-refractivity contribution >= 4 is 17.5 Å². The second-order valence-electron chi connectivity index (χ2n) is 5.19. The van der Waals surface area contributed by atoms with Gasteiger partial charge in [-0.05, 0) is 19.3 Å². The molecule has 4 rings (SSSR count). The van der Waals surface area contributed by atoms with Gasteiger partial charge in [-0.2, -0.15) is 0 Å². The fourth-order valence-electron chi connectivity index (χ4n) is 3.68. The number of ketones is 2. The van der Waals surface area contributed by atoms with Crippen LogP contribution in [0, 0.1) is 23.7 Å². The minimum Gasteiger partial charge on any atom is -0.461 e. The average molecular weight is 222 g/mol. The zero-order valence-corrected chi connectivity index (χ0v) is 9.14. The molecule has 0 aliphatic heterocycles. The van der Waals surface area contributed by atoms with E-state index in [0.717, 1.165) is 6.42 Å². The first-order valence-corrected chi connectivity index (χ1v) is 5.82. The average Bonchev–Trinajstić information content (AvgIpc) is 2.20. The molecule has 0 spiro atoms. The summed E-state index contributed by atoms with van der Waals surface area (Å²) in [6.07, 6.45) is 1.47. The van der Waals surface area contributed by atoms with Crippen LogP contribution in [0.25, 0.3) is 0 Å². The van der Waals surface area contributed by atoms with Crippen LogP contribution in [-0.4, -0.2) is 23.6 Å². The monoisotopic (exact) mass is 222 g/mol. The predicted molar refractivity (Wildman–Crippen MR) is 53.4 cm³/mol. The third-order valence-corrected chi connectivity index (χ3v) is 4.28. The van der Waals surface area contributed by atoms with E-state index in [1.54, 1.807) is 0 Å². The second kappa shape index (κ2) is 3.15. The second-order valence-corrected chi connectivity index (χ2v) is 5.19. The molecule has 0 heterocycles. The molecule has 4 unspecified atom stereocenters. The van der Waals surface area contributed by atoms with Gasteiger partial charge in [0.25, 0.3) is 0 Å². The predicted octanol–water partition coefficient (Wildman–Crippen LogP) is 0.732. The lowest BCUT2D eigenvalue weighted by Crippen LogP contribution is -2.59. The van der Waals surface area contributed by atoms with E-state index < -0.39 is 12.1 Å². The van der Waals surface area contributed by atoms with E-state index in [1.165, 1.54) is 6.92 Å². The molecule has 4 bridgehead atoms. The van der Waals surface area contributed by atoms with Crippen molar-refractivity contribution in [2.45, 2.75) is 32.3 Å². The number of Topliss-reactive ketones (excluding diaryl/α,β-unsaturated/α-hetero) is 2. The molecule has 0 N–H and O–H groups in total. The summed E-state index contributed by atoms with van der Waals surface area (Å²) in [5, 5.41) is 0. The van der Waals surface area contributed by atoms with Crippen LogP contribution < -0.4 is 0 Å². The lowest BCUT2D eigenvalue weighted by molar-refractivity contribution is -0.177. The Morgan fingerprint density at radius 3 is 2.00 bits per heavy atom. The summed E-state index contributed by atoms with van der Waals surface area (Å²) >= 11 is 0. The van der Waals surface area contributed by atoms with Gasteiger partial charge in [0.1, 0.15) is 17.7 Å². The fourth-order valence-corrected chi connectivity index (χ4v) is 3.68. The Bertz CT molecular complexity index is 358. The van der Waals surface area contributed by atoms with Gasteiger partial charge in [0.05, 0.1) is 11.8 Å². The Morgan fingerprint density at radius 1 is 1.06 bits per heavy atom. The number of carbonyl (C=O) groups is 3. The molecule has 4 fully saturated rings. The van der Waals surface area contributed by atoms with Crippen molar-refractivity contribution in [3.8, 4) is 0 Å². The third-order valence-electron chi connectivity index (χ3n) is 4.28. The molecule has 0 aromatic rings. The van der Waals surface area contributed by atoms with E-state index in [2.05, 4.69) is 0 Å². The Kier molecular flexibility index (Phi) is 1.97. The first-order valence-electron chi connectivity index (χ1n) is 5.82. The Hall–Kier alpha value is -1.19. The summed E-state index contributed by atoms with van der Waals surface area (Å²) in [5.41, 5.74) is 0. The lowest BCUT2D eigenvalue weighted by atomic mass is 9.53. The molecular formula is C12H14O4. The molecule has 0 saturated heterocycles. The van der Waals surface area contributed by atoms with Crippen molar-refractivity contribution in [3.05, 3.63) is 0 Å². The van der Waals surface area contributed by atoms with Crippen LogP contribution in [0.15, 0.2) is 0 Å². The quantitative estimate of drug-likeness (QED) is 0.614. The number of hydrogen-bond acceptors (Lipinski definition) is 4. The highest BCUT2D eigenvalue weighted by atomic mass is 16.5. The molecule has 16 heavy (non-hydrogen) atoms. The van der Waals surface area contributed by atoms with Gasteiger partial charge in [-0.3, -0.25) is 14.4 Å². The van der Waals surface area contributed by atoms with E-state index in [4.69, 9.17) is 4.74 Å². The van der Waals surface area contributed by atoms with Crippen LogP contribution >= 0.6 is 0 Å².